The molecule has 7 nitrogen and oxygen atoms in total. The van der Waals surface area contributed by atoms with Crippen molar-refractivity contribution in [1.29, 1.82) is 0 Å². The molecule has 0 saturated heterocycles. The molecule has 3 N–H and O–H groups in total. The predicted octanol–water partition coefficient (Wildman–Crippen LogP) is 2.50. The fraction of sp³-hybridized carbons (Fsp3) is 0.350. The van der Waals surface area contributed by atoms with E-state index in [1.807, 2.05) is 25.1 Å². The van der Waals surface area contributed by atoms with Crippen LogP contribution in [0.2, 0.25) is 0 Å². The Bertz CT molecular complexity index is 859. The summed E-state index contributed by atoms with van der Waals surface area (Å²) in [6.07, 6.45) is -0.548. The van der Waals surface area contributed by atoms with Crippen LogP contribution >= 0.6 is 0 Å². The van der Waals surface area contributed by atoms with Crippen molar-refractivity contribution in [3.8, 4) is 0 Å². The summed E-state index contributed by atoms with van der Waals surface area (Å²) < 4.78 is 32.4. The first-order chi connectivity index (χ1) is 13.3. The smallest absolute Gasteiger partial charge is 0.404 e. The number of sulfonamides is 1. The van der Waals surface area contributed by atoms with Crippen molar-refractivity contribution >= 4 is 16.1 Å². The fourth-order valence-corrected chi connectivity index (χ4v) is 4.80. The number of nitrogens with zero attached hydrogens (tertiary/aromatic N) is 1. The van der Waals surface area contributed by atoms with E-state index in [1.165, 1.54) is 12.1 Å². The second kappa shape index (κ2) is 9.68. The number of ether oxygens (including phenoxy) is 1. The summed E-state index contributed by atoms with van der Waals surface area (Å²) in [5, 5.41) is 11.5. The molecule has 0 aliphatic carbocycles. The lowest BCUT2D eigenvalue weighted by Gasteiger charge is -2.39. The van der Waals surface area contributed by atoms with Crippen LogP contribution < -0.4 is 5.73 Å². The van der Waals surface area contributed by atoms with Crippen LogP contribution in [-0.2, 0) is 21.2 Å². The van der Waals surface area contributed by atoms with E-state index < -0.39 is 21.8 Å². The predicted molar refractivity (Wildman–Crippen MR) is 106 cm³/mol. The maximum Gasteiger partial charge on any atom is 0.404 e. The molecule has 152 valence electrons. The van der Waals surface area contributed by atoms with E-state index in [0.29, 0.717) is 6.42 Å². The van der Waals surface area contributed by atoms with Crippen molar-refractivity contribution in [2.24, 2.45) is 5.73 Å². The molecule has 0 spiro atoms. The molecule has 2 aromatic carbocycles. The van der Waals surface area contributed by atoms with E-state index in [0.717, 1.165) is 9.87 Å². The number of nitrogens with two attached hydrogens (primary N) is 1. The molecule has 1 atom stereocenters. The van der Waals surface area contributed by atoms with Crippen molar-refractivity contribution in [3.05, 3.63) is 66.2 Å². The Morgan fingerprint density at radius 1 is 1.11 bits per heavy atom. The second-order valence-corrected chi connectivity index (χ2v) is 8.31. The van der Waals surface area contributed by atoms with Crippen LogP contribution in [0.3, 0.4) is 0 Å². The molecule has 0 bridgehead atoms. The van der Waals surface area contributed by atoms with Crippen LogP contribution in [-0.4, -0.2) is 42.8 Å². The highest BCUT2D eigenvalue weighted by Gasteiger charge is 2.42. The highest BCUT2D eigenvalue weighted by Crippen LogP contribution is 2.29. The monoisotopic (exact) mass is 406 g/mol. The number of hydrogen-bond acceptors (Lipinski definition) is 5. The van der Waals surface area contributed by atoms with Crippen LogP contribution in [0.25, 0.3) is 0 Å². The summed E-state index contributed by atoms with van der Waals surface area (Å²) in [5.41, 5.74) is 3.98. The molecule has 0 saturated carbocycles. The molecule has 2 rings (SSSR count). The molecule has 1 unspecified atom stereocenters. The van der Waals surface area contributed by atoms with Crippen molar-refractivity contribution in [3.63, 3.8) is 0 Å². The summed E-state index contributed by atoms with van der Waals surface area (Å²) in [6, 6.07) is 17.0. The van der Waals surface area contributed by atoms with Crippen LogP contribution in [0.1, 0.15) is 25.3 Å². The second-order valence-electron chi connectivity index (χ2n) is 6.45. The zero-order valence-corrected chi connectivity index (χ0v) is 16.6. The van der Waals surface area contributed by atoms with E-state index in [9.17, 15) is 18.3 Å². The largest absolute Gasteiger partial charge is 0.450 e. The van der Waals surface area contributed by atoms with Crippen molar-refractivity contribution in [1.82, 2.24) is 4.31 Å². The van der Waals surface area contributed by atoms with E-state index in [2.05, 4.69) is 0 Å². The van der Waals surface area contributed by atoms with E-state index in [4.69, 9.17) is 10.5 Å². The minimum atomic E-state index is -3.98. The first-order valence-electron chi connectivity index (χ1n) is 9.06. The minimum absolute atomic E-state index is 0.0437. The molecular weight excluding hydrogens is 380 g/mol. The van der Waals surface area contributed by atoms with Gasteiger partial charge in [-0.15, -0.1) is 0 Å². The number of amides is 1. The van der Waals surface area contributed by atoms with Gasteiger partial charge in [0, 0.05) is 19.4 Å². The van der Waals surface area contributed by atoms with Gasteiger partial charge < -0.3 is 15.6 Å². The number of hydrogen-bond donors (Lipinski definition) is 2. The summed E-state index contributed by atoms with van der Waals surface area (Å²) in [6.45, 7) is 1.73. The topological polar surface area (TPSA) is 110 Å². The molecule has 8 heteroatoms. The third kappa shape index (κ3) is 5.54. The van der Waals surface area contributed by atoms with Gasteiger partial charge in [0.05, 0.1) is 11.5 Å². The van der Waals surface area contributed by atoms with Gasteiger partial charge in [-0.1, -0.05) is 55.5 Å². The average Bonchev–Trinajstić information content (AvgIpc) is 2.67. The Morgan fingerprint density at radius 2 is 1.68 bits per heavy atom. The molecule has 0 aromatic heterocycles. The first-order valence-corrected chi connectivity index (χ1v) is 10.5. The Kier molecular flexibility index (Phi) is 7.56. The van der Waals surface area contributed by atoms with Crippen molar-refractivity contribution < 1.29 is 23.1 Å². The summed E-state index contributed by atoms with van der Waals surface area (Å²) in [4.78, 5) is 11.0. The molecule has 0 fully saturated rings. The zero-order chi connectivity index (χ0) is 20.6. The highest BCUT2D eigenvalue weighted by atomic mass is 32.2. The van der Waals surface area contributed by atoms with Gasteiger partial charge in [-0.25, -0.2) is 13.2 Å². The molecule has 28 heavy (non-hydrogen) atoms. The Hall–Kier alpha value is -2.42. The lowest BCUT2D eigenvalue weighted by Crippen LogP contribution is -2.54. The lowest BCUT2D eigenvalue weighted by molar-refractivity contribution is -0.0764. The molecule has 1 amide bonds. The molecule has 0 aliphatic rings. The number of benzene rings is 2. The Balaban J connectivity index is 2.44. The first kappa shape index (κ1) is 21.9. The van der Waals surface area contributed by atoms with Crippen molar-refractivity contribution in [2.75, 3.05) is 13.2 Å². The van der Waals surface area contributed by atoms with Gasteiger partial charge in [-0.05, 0) is 24.1 Å². The van der Waals surface area contributed by atoms with Crippen LogP contribution in [0, 0.1) is 0 Å². The maximum atomic E-state index is 13.3. The molecule has 0 radical (unpaired) electrons. The average molecular weight is 407 g/mol. The van der Waals surface area contributed by atoms with E-state index in [-0.39, 0.29) is 30.9 Å². The maximum absolute atomic E-state index is 13.3. The summed E-state index contributed by atoms with van der Waals surface area (Å²) in [5.74, 6) is 0. The SMILES string of the molecule is CCCN(C(O)(CCOC(N)=O)Cc1ccccc1)S(=O)(=O)c1ccccc1. The molecular formula is C20H26N2O5S. The molecule has 0 heterocycles. The van der Waals surface area contributed by atoms with E-state index >= 15 is 0 Å². The number of carbonyl (C=O) groups is 1. The van der Waals surface area contributed by atoms with Gasteiger partial charge in [0.1, 0.15) is 5.72 Å². The quantitative estimate of drug-likeness (QED) is 0.589. The van der Waals surface area contributed by atoms with Gasteiger partial charge in [0.15, 0.2) is 0 Å². The number of rotatable bonds is 10. The third-order valence-electron chi connectivity index (χ3n) is 4.30. The van der Waals surface area contributed by atoms with Gasteiger partial charge in [-0.3, -0.25) is 0 Å². The summed E-state index contributed by atoms with van der Waals surface area (Å²) >= 11 is 0. The number of aliphatic hydroxyl groups is 1. The summed E-state index contributed by atoms with van der Waals surface area (Å²) in [7, 11) is -3.98. The lowest BCUT2D eigenvalue weighted by atomic mass is 9.99. The molecule has 2 aromatic rings. The van der Waals surface area contributed by atoms with Gasteiger partial charge in [0.25, 0.3) is 0 Å². The zero-order valence-electron chi connectivity index (χ0n) is 15.8. The third-order valence-corrected chi connectivity index (χ3v) is 6.27. The van der Waals surface area contributed by atoms with Crippen LogP contribution in [0.5, 0.6) is 0 Å². The van der Waals surface area contributed by atoms with Gasteiger partial charge >= 0.3 is 6.09 Å². The normalized spacial score (nSPS) is 13.8. The highest BCUT2D eigenvalue weighted by molar-refractivity contribution is 7.89. The number of primary amides is 1. The van der Waals surface area contributed by atoms with E-state index in [1.54, 1.807) is 30.3 Å². The standard InChI is InChI=1S/C20H26N2O5S/c1-2-14-22(28(25,26)18-11-7-4-8-12-18)20(24,13-15-27-19(21)23)16-17-9-5-3-6-10-17/h3-12,24H,2,13-16H2,1H3,(H2,21,23). The van der Waals surface area contributed by atoms with Crippen molar-refractivity contribution in [2.45, 2.75) is 36.8 Å². The van der Waals surface area contributed by atoms with Gasteiger partial charge in [0.2, 0.25) is 10.0 Å². The fourth-order valence-electron chi connectivity index (χ4n) is 3.01. The Morgan fingerprint density at radius 3 is 2.21 bits per heavy atom. The molecule has 0 aliphatic heterocycles. The minimum Gasteiger partial charge on any atom is -0.450 e. The van der Waals surface area contributed by atoms with Crippen LogP contribution in [0.4, 0.5) is 4.79 Å². The van der Waals surface area contributed by atoms with Gasteiger partial charge in [-0.2, -0.15) is 4.31 Å². The van der Waals surface area contributed by atoms with Crippen LogP contribution in [0.15, 0.2) is 65.6 Å². The Labute approximate surface area is 165 Å². The number of carbonyl (C=O) groups excluding carboxylic acids is 1.